The Kier molecular flexibility index (Phi) is 4.23. The molecule has 0 N–H and O–H groups in total. The van der Waals surface area contributed by atoms with Gasteiger partial charge in [-0.2, -0.15) is 0 Å². The minimum atomic E-state index is 1.14. The highest BCUT2D eigenvalue weighted by Gasteiger charge is 2.15. The molecule has 0 bridgehead atoms. The van der Waals surface area contributed by atoms with Crippen LogP contribution in [0.15, 0.2) is 119 Å². The number of benzene rings is 8. The summed E-state index contributed by atoms with van der Waals surface area (Å²) in [5.41, 5.74) is 0. The van der Waals surface area contributed by atoms with Crippen LogP contribution in [0.4, 0.5) is 0 Å². The van der Waals surface area contributed by atoms with E-state index in [2.05, 4.69) is 109 Å². The third-order valence-corrected chi connectivity index (χ3v) is 8.77. The second kappa shape index (κ2) is 7.50. The molecular weight excluding hydrogens is 464 g/mol. The summed E-state index contributed by atoms with van der Waals surface area (Å²) in [5.74, 6) is 0. The summed E-state index contributed by atoms with van der Waals surface area (Å²) >= 11 is 2.92. The first-order chi connectivity index (χ1) is 17.3. The van der Waals surface area contributed by atoms with E-state index in [1.807, 2.05) is 0 Å². The van der Waals surface area contributed by atoms with Gasteiger partial charge in [-0.15, -0.1) is 0 Å². The maximum atomic E-state index is 6.29. The van der Waals surface area contributed by atoms with Crippen LogP contribution in [0, 0.1) is 0 Å². The highest BCUT2D eigenvalue weighted by Crippen LogP contribution is 2.44. The number of hydrogen-bond acceptors (Lipinski definition) is 3. The Morgan fingerprint density at radius 1 is 0.371 bits per heavy atom. The van der Waals surface area contributed by atoms with Crippen LogP contribution in [0.3, 0.4) is 0 Å². The lowest BCUT2D eigenvalue weighted by Crippen LogP contribution is -1.87. The normalized spacial score (nSPS) is 12.3. The molecule has 0 saturated carbocycles. The topological polar surface area (TPSA) is 9.23 Å². The highest BCUT2D eigenvalue weighted by molar-refractivity contribution is 8.08. The SMILES string of the molecule is c1cc2ccc3cccc4c(SOSc5cc6cccc7ccc8cccc5c8c76)cc(c1)c2c34. The minimum absolute atomic E-state index is 1.14. The summed E-state index contributed by atoms with van der Waals surface area (Å²) in [4.78, 5) is 2.29. The van der Waals surface area contributed by atoms with E-state index in [0.717, 1.165) is 9.79 Å². The van der Waals surface area contributed by atoms with Gasteiger partial charge in [-0.25, -0.2) is 3.63 Å². The van der Waals surface area contributed by atoms with Crippen molar-refractivity contribution in [3.8, 4) is 0 Å². The Bertz CT molecular complexity index is 1890. The van der Waals surface area contributed by atoms with Crippen LogP contribution in [0.1, 0.15) is 0 Å². The summed E-state index contributed by atoms with van der Waals surface area (Å²) in [6, 6.07) is 39.6. The second-order valence-electron chi connectivity index (χ2n) is 9.08. The van der Waals surface area contributed by atoms with Gasteiger partial charge in [-0.3, -0.25) is 0 Å². The molecule has 0 heterocycles. The van der Waals surface area contributed by atoms with E-state index in [4.69, 9.17) is 3.63 Å². The van der Waals surface area contributed by atoms with Crippen molar-refractivity contribution in [2.45, 2.75) is 9.79 Å². The van der Waals surface area contributed by atoms with Crippen molar-refractivity contribution in [1.29, 1.82) is 0 Å². The Labute approximate surface area is 210 Å². The zero-order chi connectivity index (χ0) is 22.9. The Morgan fingerprint density at radius 3 is 1.20 bits per heavy atom. The lowest BCUT2D eigenvalue weighted by atomic mass is 9.94. The van der Waals surface area contributed by atoms with Gasteiger partial charge >= 0.3 is 0 Å². The van der Waals surface area contributed by atoms with Crippen molar-refractivity contribution in [2.75, 3.05) is 0 Å². The molecule has 8 aromatic rings. The van der Waals surface area contributed by atoms with E-state index < -0.39 is 0 Å². The smallest absolute Gasteiger partial charge is 0.0454 e. The molecule has 0 amide bonds. The first-order valence-corrected chi connectivity index (χ1v) is 13.2. The fourth-order valence-electron chi connectivity index (χ4n) is 5.69. The molecule has 0 atom stereocenters. The molecule has 0 aliphatic carbocycles. The van der Waals surface area contributed by atoms with E-state index in [1.54, 1.807) is 0 Å². The first-order valence-electron chi connectivity index (χ1n) is 11.7. The molecule has 0 unspecified atom stereocenters. The highest BCUT2D eigenvalue weighted by atomic mass is 32.2. The molecule has 0 aliphatic rings. The van der Waals surface area contributed by atoms with E-state index in [1.165, 1.54) is 88.7 Å². The molecule has 0 radical (unpaired) electrons. The number of rotatable bonds is 4. The van der Waals surface area contributed by atoms with Crippen LogP contribution in [0.2, 0.25) is 0 Å². The minimum Gasteiger partial charge on any atom is -0.237 e. The average Bonchev–Trinajstić information content (AvgIpc) is 2.91. The summed E-state index contributed by atoms with van der Waals surface area (Å²) in [7, 11) is 0. The van der Waals surface area contributed by atoms with E-state index >= 15 is 0 Å². The third kappa shape index (κ3) is 2.90. The van der Waals surface area contributed by atoms with Crippen LogP contribution >= 0.6 is 24.1 Å². The zero-order valence-electron chi connectivity index (χ0n) is 18.6. The first kappa shape index (κ1) is 19.8. The predicted octanol–water partition coefficient (Wildman–Crippen LogP) is 10.2. The fraction of sp³-hybridized carbons (Fsp3) is 0. The summed E-state index contributed by atoms with van der Waals surface area (Å²) in [5, 5.41) is 15.4. The van der Waals surface area contributed by atoms with Crippen molar-refractivity contribution >= 4 is 88.7 Å². The van der Waals surface area contributed by atoms with Gasteiger partial charge in [-0.1, -0.05) is 97.1 Å². The maximum Gasteiger partial charge on any atom is 0.0454 e. The second-order valence-corrected chi connectivity index (χ2v) is 10.8. The van der Waals surface area contributed by atoms with Gasteiger partial charge in [0, 0.05) is 33.9 Å². The van der Waals surface area contributed by atoms with Crippen molar-refractivity contribution in [3.05, 3.63) is 109 Å². The average molecular weight is 483 g/mol. The molecule has 3 heteroatoms. The Morgan fingerprint density at radius 2 is 0.743 bits per heavy atom. The van der Waals surface area contributed by atoms with Gasteiger partial charge in [0.25, 0.3) is 0 Å². The van der Waals surface area contributed by atoms with E-state index in [0.29, 0.717) is 0 Å². The lowest BCUT2D eigenvalue weighted by molar-refractivity contribution is 0.759. The largest absolute Gasteiger partial charge is 0.237 e. The molecule has 0 aliphatic heterocycles. The maximum absolute atomic E-state index is 6.29. The molecule has 0 spiro atoms. The van der Waals surface area contributed by atoms with Gasteiger partial charge in [0.15, 0.2) is 0 Å². The summed E-state index contributed by atoms with van der Waals surface area (Å²) in [6.07, 6.45) is 0. The van der Waals surface area contributed by atoms with Gasteiger partial charge in [0.1, 0.15) is 0 Å². The molecular formula is C32H18OS2. The van der Waals surface area contributed by atoms with Crippen molar-refractivity contribution in [1.82, 2.24) is 0 Å². The Balaban J connectivity index is 1.23. The van der Waals surface area contributed by atoms with Gasteiger partial charge < -0.3 is 0 Å². The lowest BCUT2D eigenvalue weighted by Gasteiger charge is -2.15. The molecule has 8 aromatic carbocycles. The Hall–Kier alpha value is -3.50. The van der Waals surface area contributed by atoms with Crippen LogP contribution in [0.5, 0.6) is 0 Å². The molecule has 164 valence electrons. The third-order valence-electron chi connectivity index (χ3n) is 7.19. The molecule has 0 saturated heterocycles. The van der Waals surface area contributed by atoms with Crippen LogP contribution in [-0.4, -0.2) is 0 Å². The monoisotopic (exact) mass is 482 g/mol. The van der Waals surface area contributed by atoms with Gasteiger partial charge in [0.2, 0.25) is 0 Å². The van der Waals surface area contributed by atoms with Crippen molar-refractivity contribution < 1.29 is 3.63 Å². The predicted molar refractivity (Wildman–Crippen MR) is 153 cm³/mol. The molecule has 0 fully saturated rings. The van der Waals surface area contributed by atoms with Crippen molar-refractivity contribution in [2.24, 2.45) is 0 Å². The molecule has 35 heavy (non-hydrogen) atoms. The quantitative estimate of drug-likeness (QED) is 0.182. The zero-order valence-corrected chi connectivity index (χ0v) is 20.3. The van der Waals surface area contributed by atoms with Crippen LogP contribution in [-0.2, 0) is 3.63 Å². The van der Waals surface area contributed by atoms with Crippen LogP contribution < -0.4 is 0 Å². The molecule has 8 rings (SSSR count). The van der Waals surface area contributed by atoms with E-state index in [-0.39, 0.29) is 0 Å². The molecule has 0 aromatic heterocycles. The van der Waals surface area contributed by atoms with E-state index in [9.17, 15) is 0 Å². The fourth-order valence-corrected chi connectivity index (χ4v) is 7.28. The summed E-state index contributed by atoms with van der Waals surface area (Å²) in [6.45, 7) is 0. The van der Waals surface area contributed by atoms with Gasteiger partial charge in [-0.05, 0) is 76.8 Å². The standard InChI is InChI=1S/C32H18OS2/c1-5-19-13-15-21-7-3-11-25-27(17-23(9-1)29(19)31(21)25)34-33-35-28-18-24-10-2-6-20-14-16-22-8-4-12-26(28)32(22)30(20)24/h1-18H. The van der Waals surface area contributed by atoms with Crippen LogP contribution in [0.25, 0.3) is 64.6 Å². The van der Waals surface area contributed by atoms with Crippen molar-refractivity contribution in [3.63, 3.8) is 0 Å². The van der Waals surface area contributed by atoms with Gasteiger partial charge in [0.05, 0.1) is 0 Å². The number of hydrogen-bond donors (Lipinski definition) is 0. The summed E-state index contributed by atoms with van der Waals surface area (Å²) < 4.78 is 6.29. The molecule has 1 nitrogen and oxygen atoms in total.